The molecule has 5 nitrogen and oxygen atoms in total. The van der Waals surface area contributed by atoms with Gasteiger partial charge in [-0.25, -0.2) is 4.99 Å². The molecular formula is C23H31N3O2. The highest BCUT2D eigenvalue weighted by Gasteiger charge is 2.38. The normalized spacial score (nSPS) is 18.6. The predicted octanol–water partition coefficient (Wildman–Crippen LogP) is 3.63. The zero-order valence-corrected chi connectivity index (χ0v) is 17.1. The Balaban J connectivity index is 1.63. The fourth-order valence-electron chi connectivity index (χ4n) is 3.24. The molecule has 0 spiro atoms. The monoisotopic (exact) mass is 381 g/mol. The van der Waals surface area contributed by atoms with Crippen molar-refractivity contribution >= 4 is 5.96 Å². The predicted molar refractivity (Wildman–Crippen MR) is 114 cm³/mol. The minimum atomic E-state index is 0.440. The Hall–Kier alpha value is -2.53. The highest BCUT2D eigenvalue weighted by molar-refractivity contribution is 5.80. The second-order valence-corrected chi connectivity index (χ2v) is 7.15. The van der Waals surface area contributed by atoms with E-state index in [1.807, 2.05) is 0 Å². The van der Waals surface area contributed by atoms with Crippen molar-refractivity contribution in [1.29, 1.82) is 0 Å². The Labute approximate surface area is 168 Å². The van der Waals surface area contributed by atoms with Crippen LogP contribution in [0.1, 0.15) is 36.0 Å². The molecule has 2 aromatic rings. The molecule has 0 bridgehead atoms. The number of aryl methyl sites for hydroxylation is 1. The molecule has 1 fully saturated rings. The van der Waals surface area contributed by atoms with Crippen LogP contribution in [0.4, 0.5) is 0 Å². The van der Waals surface area contributed by atoms with Crippen molar-refractivity contribution < 1.29 is 9.47 Å². The number of rotatable bonds is 9. The van der Waals surface area contributed by atoms with Crippen LogP contribution in [0.2, 0.25) is 0 Å². The number of hydrogen-bond donors (Lipinski definition) is 2. The Kier molecular flexibility index (Phi) is 7.31. The van der Waals surface area contributed by atoms with Crippen LogP contribution in [0.5, 0.6) is 5.75 Å². The highest BCUT2D eigenvalue weighted by Crippen LogP contribution is 2.40. The number of ether oxygens (including phenoxy) is 2. The molecule has 1 aliphatic rings. The Morgan fingerprint density at radius 2 is 1.96 bits per heavy atom. The lowest BCUT2D eigenvalue weighted by Gasteiger charge is -2.14. The summed E-state index contributed by atoms with van der Waals surface area (Å²) >= 11 is 0. The minimum Gasteiger partial charge on any atom is -0.491 e. The van der Waals surface area contributed by atoms with E-state index >= 15 is 0 Å². The summed E-state index contributed by atoms with van der Waals surface area (Å²) in [5.74, 6) is 2.30. The summed E-state index contributed by atoms with van der Waals surface area (Å²) < 4.78 is 11.0. The summed E-state index contributed by atoms with van der Waals surface area (Å²) in [7, 11) is 1.68. The first-order valence-corrected chi connectivity index (χ1v) is 10.0. The number of aliphatic imine (C=N–C) groups is 1. The van der Waals surface area contributed by atoms with Gasteiger partial charge in [0.05, 0.1) is 13.2 Å². The number of nitrogens with zero attached hydrogens (tertiary/aromatic N) is 1. The molecular weight excluding hydrogens is 350 g/mol. The molecule has 0 radical (unpaired) electrons. The van der Waals surface area contributed by atoms with Gasteiger partial charge in [0.15, 0.2) is 5.96 Å². The third kappa shape index (κ3) is 5.73. The molecule has 5 heteroatoms. The van der Waals surface area contributed by atoms with Crippen LogP contribution in [-0.4, -0.2) is 38.9 Å². The van der Waals surface area contributed by atoms with Gasteiger partial charge in [-0.2, -0.15) is 0 Å². The van der Waals surface area contributed by atoms with Crippen LogP contribution >= 0.6 is 0 Å². The molecule has 2 atom stereocenters. The quantitative estimate of drug-likeness (QED) is 0.396. The summed E-state index contributed by atoms with van der Waals surface area (Å²) in [6.07, 6.45) is 1.14. The van der Waals surface area contributed by atoms with Crippen LogP contribution in [0.25, 0.3) is 0 Å². The summed E-state index contributed by atoms with van der Waals surface area (Å²) in [6, 6.07) is 17.4. The van der Waals surface area contributed by atoms with Gasteiger partial charge in [0.1, 0.15) is 12.4 Å². The van der Waals surface area contributed by atoms with Gasteiger partial charge in [-0.05, 0) is 37.5 Å². The summed E-state index contributed by atoms with van der Waals surface area (Å²) in [5.41, 5.74) is 3.64. The number of guanidine groups is 1. The van der Waals surface area contributed by atoms with Gasteiger partial charge >= 0.3 is 0 Å². The van der Waals surface area contributed by atoms with Gasteiger partial charge in [-0.3, -0.25) is 0 Å². The van der Waals surface area contributed by atoms with Gasteiger partial charge in [0.2, 0.25) is 0 Å². The van der Waals surface area contributed by atoms with E-state index < -0.39 is 0 Å². The number of benzene rings is 2. The van der Waals surface area contributed by atoms with Gasteiger partial charge in [-0.1, -0.05) is 42.5 Å². The van der Waals surface area contributed by atoms with Gasteiger partial charge in [0, 0.05) is 31.2 Å². The smallest absolute Gasteiger partial charge is 0.191 e. The molecule has 28 heavy (non-hydrogen) atoms. The lowest BCUT2D eigenvalue weighted by molar-refractivity contribution is 0.145. The second-order valence-electron chi connectivity index (χ2n) is 7.15. The standard InChI is InChI=1S/C23H31N3O2/c1-4-24-23(26-21-15-20(21)18-8-6-5-7-9-18)25-16-19-11-10-17(2)14-22(19)28-13-12-27-3/h5-11,14,20-21H,4,12-13,15-16H2,1-3H3,(H2,24,25,26). The van der Waals surface area contributed by atoms with Crippen LogP contribution in [0.3, 0.4) is 0 Å². The summed E-state index contributed by atoms with van der Waals surface area (Å²) in [6.45, 7) is 6.67. The summed E-state index contributed by atoms with van der Waals surface area (Å²) in [5, 5.41) is 6.93. The zero-order chi connectivity index (χ0) is 19.8. The molecule has 0 saturated heterocycles. The SMILES string of the molecule is CCNC(=NCc1ccc(C)cc1OCCOC)NC1CC1c1ccccc1. The lowest BCUT2D eigenvalue weighted by Crippen LogP contribution is -2.39. The number of methoxy groups -OCH3 is 1. The van der Waals surface area contributed by atoms with Crippen molar-refractivity contribution in [1.82, 2.24) is 10.6 Å². The van der Waals surface area contributed by atoms with Crippen molar-refractivity contribution in [2.45, 2.75) is 38.8 Å². The Morgan fingerprint density at radius 1 is 1.14 bits per heavy atom. The highest BCUT2D eigenvalue weighted by atomic mass is 16.5. The topological polar surface area (TPSA) is 54.9 Å². The van der Waals surface area contributed by atoms with E-state index in [2.05, 4.69) is 73.0 Å². The van der Waals surface area contributed by atoms with Crippen molar-refractivity contribution in [3.63, 3.8) is 0 Å². The number of hydrogen-bond acceptors (Lipinski definition) is 3. The molecule has 0 aromatic heterocycles. The minimum absolute atomic E-state index is 0.440. The van der Waals surface area contributed by atoms with E-state index in [0.29, 0.717) is 31.7 Å². The van der Waals surface area contributed by atoms with Crippen molar-refractivity contribution in [2.75, 3.05) is 26.9 Å². The Bertz CT molecular complexity index is 777. The summed E-state index contributed by atoms with van der Waals surface area (Å²) in [4.78, 5) is 4.79. The fraction of sp³-hybridized carbons (Fsp3) is 0.435. The third-order valence-electron chi connectivity index (χ3n) is 4.86. The molecule has 1 aliphatic carbocycles. The molecule has 1 saturated carbocycles. The van der Waals surface area contributed by atoms with Crippen LogP contribution < -0.4 is 15.4 Å². The first-order valence-electron chi connectivity index (χ1n) is 10.0. The molecule has 2 aromatic carbocycles. The van der Waals surface area contributed by atoms with E-state index in [4.69, 9.17) is 14.5 Å². The fourth-order valence-corrected chi connectivity index (χ4v) is 3.24. The largest absolute Gasteiger partial charge is 0.491 e. The molecule has 2 N–H and O–H groups in total. The number of nitrogens with one attached hydrogen (secondary N) is 2. The zero-order valence-electron chi connectivity index (χ0n) is 17.1. The first kappa shape index (κ1) is 20.2. The van der Waals surface area contributed by atoms with Crippen LogP contribution in [0, 0.1) is 6.92 Å². The molecule has 0 heterocycles. The maximum absolute atomic E-state index is 5.88. The van der Waals surface area contributed by atoms with E-state index in [-0.39, 0.29) is 0 Å². The third-order valence-corrected chi connectivity index (χ3v) is 4.86. The lowest BCUT2D eigenvalue weighted by atomic mass is 10.1. The van der Waals surface area contributed by atoms with Crippen molar-refractivity contribution in [3.8, 4) is 5.75 Å². The molecule has 2 unspecified atom stereocenters. The Morgan fingerprint density at radius 3 is 2.71 bits per heavy atom. The van der Waals surface area contributed by atoms with E-state index in [1.54, 1.807) is 7.11 Å². The average Bonchev–Trinajstić information content (AvgIpc) is 3.47. The van der Waals surface area contributed by atoms with E-state index in [0.717, 1.165) is 30.2 Å². The van der Waals surface area contributed by atoms with Gasteiger partial charge in [-0.15, -0.1) is 0 Å². The van der Waals surface area contributed by atoms with Gasteiger partial charge in [0.25, 0.3) is 0 Å². The van der Waals surface area contributed by atoms with Crippen molar-refractivity contribution in [2.24, 2.45) is 4.99 Å². The molecule has 0 amide bonds. The maximum atomic E-state index is 5.88. The van der Waals surface area contributed by atoms with Gasteiger partial charge < -0.3 is 20.1 Å². The van der Waals surface area contributed by atoms with E-state index in [9.17, 15) is 0 Å². The average molecular weight is 382 g/mol. The van der Waals surface area contributed by atoms with Crippen LogP contribution in [-0.2, 0) is 11.3 Å². The maximum Gasteiger partial charge on any atom is 0.191 e. The molecule has 0 aliphatic heterocycles. The van der Waals surface area contributed by atoms with Crippen molar-refractivity contribution in [3.05, 3.63) is 65.2 Å². The van der Waals surface area contributed by atoms with E-state index in [1.165, 1.54) is 11.1 Å². The molecule has 3 rings (SSSR count). The molecule has 150 valence electrons. The van der Waals surface area contributed by atoms with Crippen LogP contribution in [0.15, 0.2) is 53.5 Å². The first-order chi connectivity index (χ1) is 13.7. The second kappa shape index (κ2) is 10.1.